The Morgan fingerprint density at radius 1 is 1.45 bits per heavy atom. The summed E-state index contributed by atoms with van der Waals surface area (Å²) < 4.78 is 4.66. The van der Waals surface area contributed by atoms with Gasteiger partial charge in [0.2, 0.25) is 4.87 Å². The molecule has 0 fully saturated rings. The van der Waals surface area contributed by atoms with Gasteiger partial charge in [-0.05, 0) is 12.1 Å². The molecule has 106 valence electrons. The summed E-state index contributed by atoms with van der Waals surface area (Å²) in [6.45, 7) is 0. The van der Waals surface area contributed by atoms with Gasteiger partial charge in [0.05, 0.1) is 13.5 Å². The summed E-state index contributed by atoms with van der Waals surface area (Å²) in [5.41, 5.74) is 3.32. The normalized spacial score (nSPS) is 21.0. The number of hydrazone groups is 1. The summed E-state index contributed by atoms with van der Waals surface area (Å²) in [4.78, 5) is 21.3. The number of thioether (sulfide) groups is 1. The number of carboxylic acid groups (broad SMARTS) is 1. The molecule has 8 heteroatoms. The molecule has 0 saturated heterocycles. The van der Waals surface area contributed by atoms with Crippen LogP contribution < -0.4 is 5.43 Å². The lowest BCUT2D eigenvalue weighted by Gasteiger charge is -2.22. The van der Waals surface area contributed by atoms with Crippen LogP contribution in [0.4, 0.5) is 0 Å². The van der Waals surface area contributed by atoms with Gasteiger partial charge in [-0.3, -0.25) is 10.2 Å². The molecule has 1 aliphatic heterocycles. The molecule has 1 heterocycles. The Morgan fingerprint density at radius 3 is 2.65 bits per heavy atom. The summed E-state index contributed by atoms with van der Waals surface area (Å²) in [6, 6.07) is 6.86. The summed E-state index contributed by atoms with van der Waals surface area (Å²) >= 11 is 6.82. The first-order valence-corrected chi connectivity index (χ1v) is 6.76. The van der Waals surface area contributed by atoms with Crippen LogP contribution in [0.1, 0.15) is 12.0 Å². The molecular weight excluding hydrogens is 304 g/mol. The van der Waals surface area contributed by atoms with Crippen LogP contribution in [0.5, 0.6) is 0 Å². The van der Waals surface area contributed by atoms with Gasteiger partial charge in [0.25, 0.3) is 0 Å². The average molecular weight is 315 g/mol. The van der Waals surface area contributed by atoms with E-state index in [-0.39, 0.29) is 0 Å². The van der Waals surface area contributed by atoms with Crippen LogP contribution in [0.2, 0.25) is 5.02 Å². The van der Waals surface area contributed by atoms with Crippen molar-refractivity contribution < 1.29 is 19.4 Å². The van der Waals surface area contributed by atoms with Gasteiger partial charge < -0.3 is 9.84 Å². The predicted octanol–water partition coefficient (Wildman–Crippen LogP) is 1.68. The first-order chi connectivity index (χ1) is 9.47. The number of methoxy groups -OCH3 is 1. The van der Waals surface area contributed by atoms with E-state index < -0.39 is 23.2 Å². The molecule has 0 saturated carbocycles. The number of halogens is 1. The predicted molar refractivity (Wildman–Crippen MR) is 75.7 cm³/mol. The van der Waals surface area contributed by atoms with Crippen molar-refractivity contribution in [2.45, 2.75) is 11.3 Å². The second-order valence-electron chi connectivity index (χ2n) is 4.03. The molecule has 20 heavy (non-hydrogen) atoms. The summed E-state index contributed by atoms with van der Waals surface area (Å²) in [7, 11) is 1.20. The van der Waals surface area contributed by atoms with Crippen molar-refractivity contribution in [3.05, 3.63) is 34.9 Å². The summed E-state index contributed by atoms with van der Waals surface area (Å²) in [5, 5.41) is 14.1. The average Bonchev–Trinajstić information content (AvgIpc) is 2.83. The highest BCUT2D eigenvalue weighted by molar-refractivity contribution is 8.16. The number of carboxylic acids is 1. The fourth-order valence-electron chi connectivity index (χ4n) is 1.68. The number of hydrogen-bond donors (Lipinski definition) is 2. The Morgan fingerprint density at radius 2 is 2.10 bits per heavy atom. The number of ether oxygens (including phenoxy) is 1. The molecule has 1 aromatic carbocycles. The number of nitrogens with one attached hydrogen (secondary N) is 1. The Kier molecular flexibility index (Phi) is 4.20. The zero-order valence-corrected chi connectivity index (χ0v) is 12.0. The maximum absolute atomic E-state index is 11.8. The number of carbonyl (C=O) groups is 2. The molecule has 0 bridgehead atoms. The van der Waals surface area contributed by atoms with Crippen LogP contribution in [0.15, 0.2) is 29.4 Å². The Labute approximate surface area is 124 Å². The van der Waals surface area contributed by atoms with E-state index in [0.717, 1.165) is 17.3 Å². The standard InChI is InChI=1S/C12H11ClN2O4S/c1-19-11(18)12(6-9(16)17)15-14-10(20-12)7-2-4-8(13)5-3-7/h2-5,15H,6H2,1H3,(H,16,17). The zero-order chi connectivity index (χ0) is 14.8. The van der Waals surface area contributed by atoms with E-state index in [9.17, 15) is 9.59 Å². The maximum Gasteiger partial charge on any atom is 0.344 e. The van der Waals surface area contributed by atoms with Crippen molar-refractivity contribution >= 4 is 40.3 Å². The number of nitrogens with zero attached hydrogens (tertiary/aromatic N) is 1. The van der Waals surface area contributed by atoms with Gasteiger partial charge in [0.1, 0.15) is 5.04 Å². The Balaban J connectivity index is 2.23. The number of benzene rings is 1. The highest BCUT2D eigenvalue weighted by Crippen LogP contribution is 2.36. The van der Waals surface area contributed by atoms with Crippen molar-refractivity contribution in [3.8, 4) is 0 Å². The van der Waals surface area contributed by atoms with Crippen LogP contribution in [-0.2, 0) is 14.3 Å². The lowest BCUT2D eigenvalue weighted by molar-refractivity contribution is -0.149. The summed E-state index contributed by atoms with van der Waals surface area (Å²) in [6.07, 6.45) is -0.440. The van der Waals surface area contributed by atoms with Crippen LogP contribution >= 0.6 is 23.4 Å². The number of carbonyl (C=O) groups excluding carboxylic acids is 1. The lowest BCUT2D eigenvalue weighted by Crippen LogP contribution is -2.46. The van der Waals surface area contributed by atoms with Crippen LogP contribution in [0.25, 0.3) is 0 Å². The minimum atomic E-state index is -1.43. The molecule has 0 spiro atoms. The molecule has 0 aliphatic carbocycles. The van der Waals surface area contributed by atoms with Crippen molar-refractivity contribution in [2.75, 3.05) is 7.11 Å². The van der Waals surface area contributed by atoms with Gasteiger partial charge in [0.15, 0.2) is 0 Å². The van der Waals surface area contributed by atoms with Crippen molar-refractivity contribution in [2.24, 2.45) is 5.10 Å². The van der Waals surface area contributed by atoms with Crippen LogP contribution in [-0.4, -0.2) is 34.1 Å². The molecule has 6 nitrogen and oxygen atoms in total. The fraction of sp³-hybridized carbons (Fsp3) is 0.250. The molecule has 0 amide bonds. The topological polar surface area (TPSA) is 88.0 Å². The van der Waals surface area contributed by atoms with E-state index in [2.05, 4.69) is 15.3 Å². The van der Waals surface area contributed by atoms with E-state index >= 15 is 0 Å². The highest BCUT2D eigenvalue weighted by atomic mass is 35.5. The number of aliphatic carboxylic acids is 1. The zero-order valence-electron chi connectivity index (χ0n) is 10.4. The third kappa shape index (κ3) is 2.88. The quantitative estimate of drug-likeness (QED) is 0.822. The monoisotopic (exact) mass is 314 g/mol. The Bertz CT molecular complexity index is 575. The van der Waals surface area contributed by atoms with Crippen molar-refractivity contribution in [3.63, 3.8) is 0 Å². The van der Waals surface area contributed by atoms with Gasteiger partial charge >= 0.3 is 11.9 Å². The number of rotatable bonds is 4. The van der Waals surface area contributed by atoms with Crippen molar-refractivity contribution in [1.82, 2.24) is 5.43 Å². The number of esters is 1. The lowest BCUT2D eigenvalue weighted by atomic mass is 10.2. The van der Waals surface area contributed by atoms with Crippen molar-refractivity contribution in [1.29, 1.82) is 0 Å². The third-order valence-corrected chi connectivity index (χ3v) is 4.14. The van der Waals surface area contributed by atoms with E-state index in [1.807, 2.05) is 0 Å². The molecule has 2 rings (SSSR count). The van der Waals surface area contributed by atoms with Gasteiger partial charge in [0, 0.05) is 10.6 Å². The minimum Gasteiger partial charge on any atom is -0.481 e. The van der Waals surface area contributed by atoms with E-state index in [4.69, 9.17) is 16.7 Å². The van der Waals surface area contributed by atoms with Gasteiger partial charge in [-0.15, -0.1) is 0 Å². The second kappa shape index (κ2) is 5.72. The molecule has 0 aromatic heterocycles. The van der Waals surface area contributed by atoms with Gasteiger partial charge in [-0.25, -0.2) is 4.79 Å². The fourth-order valence-corrected chi connectivity index (χ4v) is 2.94. The molecule has 1 unspecified atom stereocenters. The highest BCUT2D eigenvalue weighted by Gasteiger charge is 2.47. The van der Waals surface area contributed by atoms with E-state index in [1.54, 1.807) is 24.3 Å². The minimum absolute atomic E-state index is 0.440. The smallest absolute Gasteiger partial charge is 0.344 e. The van der Waals surface area contributed by atoms with Gasteiger partial charge in [-0.1, -0.05) is 35.5 Å². The molecule has 1 atom stereocenters. The molecule has 1 aliphatic rings. The molecular formula is C12H11ClN2O4S. The van der Waals surface area contributed by atoms with E-state index in [1.165, 1.54) is 7.11 Å². The first kappa shape index (κ1) is 14.7. The molecule has 0 radical (unpaired) electrons. The SMILES string of the molecule is COC(=O)C1(CC(=O)O)NN=C(c2ccc(Cl)cc2)S1. The first-order valence-electron chi connectivity index (χ1n) is 5.57. The third-order valence-electron chi connectivity index (χ3n) is 2.62. The molecule has 2 N–H and O–H groups in total. The van der Waals surface area contributed by atoms with Crippen LogP contribution in [0.3, 0.4) is 0 Å². The number of hydrogen-bond acceptors (Lipinski definition) is 6. The largest absolute Gasteiger partial charge is 0.481 e. The maximum atomic E-state index is 11.8. The Hall–Kier alpha value is -1.73. The summed E-state index contributed by atoms with van der Waals surface area (Å²) in [5.74, 6) is -1.81. The van der Waals surface area contributed by atoms with Crippen LogP contribution in [0, 0.1) is 0 Å². The van der Waals surface area contributed by atoms with Gasteiger partial charge in [-0.2, -0.15) is 5.10 Å². The second-order valence-corrected chi connectivity index (χ2v) is 5.75. The molecule has 1 aromatic rings. The van der Waals surface area contributed by atoms with E-state index in [0.29, 0.717) is 10.1 Å².